The molecule has 0 saturated heterocycles. The molecule has 2 rings (SSSR count). The second-order valence-electron chi connectivity index (χ2n) is 4.15. The number of fused-ring (bicyclic) bond motifs is 1. The molecule has 0 aromatic carbocycles. The maximum atomic E-state index is 4.51. The fourth-order valence-corrected chi connectivity index (χ4v) is 1.73. The molecule has 0 saturated carbocycles. The number of amidine groups is 1. The third-order valence-corrected chi connectivity index (χ3v) is 2.63. The molecule has 2 heterocycles. The number of nitrogens with one attached hydrogen (secondary N) is 1. The molecule has 16 heavy (non-hydrogen) atoms. The van der Waals surface area contributed by atoms with E-state index in [2.05, 4.69) is 34.9 Å². The van der Waals surface area contributed by atoms with Crippen LogP contribution in [0.15, 0.2) is 23.8 Å². The van der Waals surface area contributed by atoms with Crippen molar-refractivity contribution in [2.75, 3.05) is 0 Å². The van der Waals surface area contributed by atoms with E-state index in [9.17, 15) is 0 Å². The van der Waals surface area contributed by atoms with Gasteiger partial charge < -0.3 is 5.32 Å². The zero-order chi connectivity index (χ0) is 11.5. The molecule has 0 radical (unpaired) electrons. The largest absolute Gasteiger partial charge is 0.344 e. The van der Waals surface area contributed by atoms with Crippen molar-refractivity contribution in [3.05, 3.63) is 30.0 Å². The van der Waals surface area contributed by atoms with E-state index in [0.717, 1.165) is 41.3 Å². The molecule has 0 atom stereocenters. The van der Waals surface area contributed by atoms with Gasteiger partial charge in [0.2, 0.25) is 0 Å². The lowest BCUT2D eigenvalue weighted by Gasteiger charge is -2.19. The summed E-state index contributed by atoms with van der Waals surface area (Å²) in [5.74, 6) is 1.77. The molecule has 3 nitrogen and oxygen atoms in total. The summed E-state index contributed by atoms with van der Waals surface area (Å²) in [5, 5.41) is 3.25. The fraction of sp³-hybridized carbons (Fsp3) is 0.385. The van der Waals surface area contributed by atoms with Gasteiger partial charge in [-0.2, -0.15) is 0 Å². The highest BCUT2D eigenvalue weighted by molar-refractivity contribution is 5.96. The van der Waals surface area contributed by atoms with E-state index in [1.54, 1.807) is 0 Å². The minimum Gasteiger partial charge on any atom is -0.344 e. The lowest BCUT2D eigenvalue weighted by atomic mass is 10.1. The monoisotopic (exact) mass is 215 g/mol. The molecule has 1 aliphatic rings. The fourth-order valence-electron chi connectivity index (χ4n) is 1.73. The van der Waals surface area contributed by atoms with Gasteiger partial charge in [0.05, 0.1) is 0 Å². The Kier molecular flexibility index (Phi) is 3.04. The van der Waals surface area contributed by atoms with Crippen molar-refractivity contribution >= 4 is 17.4 Å². The van der Waals surface area contributed by atoms with E-state index in [4.69, 9.17) is 0 Å². The summed E-state index contributed by atoms with van der Waals surface area (Å²) in [6.45, 7) is 8.22. The van der Waals surface area contributed by atoms with Crippen molar-refractivity contribution in [1.29, 1.82) is 0 Å². The van der Waals surface area contributed by atoms with Crippen LogP contribution >= 0.6 is 0 Å². The summed E-state index contributed by atoms with van der Waals surface area (Å²) in [7, 11) is 0. The van der Waals surface area contributed by atoms with E-state index in [1.165, 1.54) is 6.42 Å². The normalized spacial score (nSPS) is 14.1. The average molecular weight is 215 g/mol. The summed E-state index contributed by atoms with van der Waals surface area (Å²) >= 11 is 0. The summed E-state index contributed by atoms with van der Waals surface area (Å²) in [4.78, 5) is 8.85. The Morgan fingerprint density at radius 2 is 2.25 bits per heavy atom. The maximum Gasteiger partial charge on any atom is 0.163 e. The number of aliphatic imine (C=N–C) groups is 1. The first kappa shape index (κ1) is 10.9. The second kappa shape index (κ2) is 4.47. The third-order valence-electron chi connectivity index (χ3n) is 2.63. The number of hydrogen-bond donors (Lipinski definition) is 1. The van der Waals surface area contributed by atoms with Crippen LogP contribution < -0.4 is 5.32 Å². The molecule has 0 unspecified atom stereocenters. The number of aryl methyl sites for hydroxylation is 1. The van der Waals surface area contributed by atoms with Crippen LogP contribution in [0, 0.1) is 6.92 Å². The Morgan fingerprint density at radius 3 is 3.00 bits per heavy atom. The number of rotatable bonds is 3. The second-order valence-corrected chi connectivity index (χ2v) is 4.15. The Hall–Kier alpha value is -1.64. The van der Waals surface area contributed by atoms with Crippen LogP contribution in [0.4, 0.5) is 5.82 Å². The molecule has 0 fully saturated rings. The quantitative estimate of drug-likeness (QED) is 0.840. The summed E-state index contributed by atoms with van der Waals surface area (Å²) in [6, 6.07) is 2.07. The Bertz CT molecular complexity index is 446. The van der Waals surface area contributed by atoms with Gasteiger partial charge in [0.15, 0.2) is 5.82 Å². The van der Waals surface area contributed by atoms with Gasteiger partial charge >= 0.3 is 0 Å². The van der Waals surface area contributed by atoms with Crippen molar-refractivity contribution in [2.45, 2.75) is 33.1 Å². The van der Waals surface area contributed by atoms with Crippen molar-refractivity contribution in [1.82, 2.24) is 10.3 Å². The molecule has 1 aromatic heterocycles. The van der Waals surface area contributed by atoms with E-state index in [0.29, 0.717) is 0 Å². The van der Waals surface area contributed by atoms with Gasteiger partial charge in [-0.1, -0.05) is 19.9 Å². The molecule has 1 aromatic rings. The predicted molar refractivity (Wildman–Crippen MR) is 67.8 cm³/mol. The maximum absolute atomic E-state index is 4.51. The van der Waals surface area contributed by atoms with Gasteiger partial charge in [-0.25, -0.2) is 9.98 Å². The van der Waals surface area contributed by atoms with E-state index < -0.39 is 0 Å². The zero-order valence-corrected chi connectivity index (χ0v) is 9.88. The molecule has 0 bridgehead atoms. The minimum absolute atomic E-state index is 0.792. The SMILES string of the molecule is C=C1NC(CCCC)=Nc2ncc(C)cc21. The highest BCUT2D eigenvalue weighted by Crippen LogP contribution is 2.26. The molecule has 1 N–H and O–H groups in total. The standard InChI is InChI=1S/C13H17N3/c1-4-5-6-12-15-10(3)11-7-9(2)8-14-13(11)16-12/h7-8H,3-6H2,1-2H3,(H,14,15,16). The first-order chi connectivity index (χ1) is 7.70. The Morgan fingerprint density at radius 1 is 1.44 bits per heavy atom. The number of unbranched alkanes of at least 4 members (excludes halogenated alkanes) is 1. The predicted octanol–water partition coefficient (Wildman–Crippen LogP) is 3.18. The number of pyridine rings is 1. The Balaban J connectivity index is 2.30. The van der Waals surface area contributed by atoms with Crippen molar-refractivity contribution in [3.8, 4) is 0 Å². The molecule has 0 spiro atoms. The topological polar surface area (TPSA) is 37.3 Å². The van der Waals surface area contributed by atoms with Gasteiger partial charge in [0.1, 0.15) is 5.84 Å². The molecule has 1 aliphatic heterocycles. The molecule has 0 amide bonds. The van der Waals surface area contributed by atoms with Crippen LogP contribution in [0.5, 0.6) is 0 Å². The van der Waals surface area contributed by atoms with Crippen LogP contribution in [-0.2, 0) is 0 Å². The molecule has 0 aliphatic carbocycles. The first-order valence-corrected chi connectivity index (χ1v) is 5.71. The molecule has 84 valence electrons. The molecular weight excluding hydrogens is 198 g/mol. The van der Waals surface area contributed by atoms with Crippen LogP contribution in [0.1, 0.15) is 37.3 Å². The number of nitrogens with zero attached hydrogens (tertiary/aromatic N) is 2. The van der Waals surface area contributed by atoms with E-state index in [-0.39, 0.29) is 0 Å². The van der Waals surface area contributed by atoms with Gasteiger partial charge in [0, 0.05) is 23.9 Å². The summed E-state index contributed by atoms with van der Waals surface area (Å²) < 4.78 is 0. The summed E-state index contributed by atoms with van der Waals surface area (Å²) in [6.07, 6.45) is 5.12. The lowest BCUT2D eigenvalue weighted by Crippen LogP contribution is -2.24. The first-order valence-electron chi connectivity index (χ1n) is 5.71. The van der Waals surface area contributed by atoms with Crippen molar-refractivity contribution < 1.29 is 0 Å². The van der Waals surface area contributed by atoms with Crippen LogP contribution in [-0.4, -0.2) is 10.8 Å². The number of aromatic nitrogens is 1. The smallest absolute Gasteiger partial charge is 0.163 e. The van der Waals surface area contributed by atoms with Gasteiger partial charge in [0.25, 0.3) is 0 Å². The van der Waals surface area contributed by atoms with Gasteiger partial charge in [-0.15, -0.1) is 0 Å². The molecular formula is C13H17N3. The minimum atomic E-state index is 0.792. The Labute approximate surface area is 96.3 Å². The lowest BCUT2D eigenvalue weighted by molar-refractivity contribution is 0.821. The van der Waals surface area contributed by atoms with Crippen molar-refractivity contribution in [3.63, 3.8) is 0 Å². The van der Waals surface area contributed by atoms with Gasteiger partial charge in [-0.3, -0.25) is 0 Å². The van der Waals surface area contributed by atoms with Crippen LogP contribution in [0.25, 0.3) is 5.70 Å². The number of hydrogen-bond acceptors (Lipinski definition) is 3. The zero-order valence-electron chi connectivity index (χ0n) is 9.88. The van der Waals surface area contributed by atoms with Crippen molar-refractivity contribution in [2.24, 2.45) is 4.99 Å². The highest BCUT2D eigenvalue weighted by atomic mass is 15.1. The van der Waals surface area contributed by atoms with Crippen LogP contribution in [0.2, 0.25) is 0 Å². The van der Waals surface area contributed by atoms with Crippen LogP contribution in [0.3, 0.4) is 0 Å². The van der Waals surface area contributed by atoms with E-state index in [1.807, 2.05) is 13.1 Å². The molecule has 3 heteroatoms. The summed E-state index contributed by atoms with van der Waals surface area (Å²) in [5.41, 5.74) is 3.06. The average Bonchev–Trinajstić information content (AvgIpc) is 2.27. The van der Waals surface area contributed by atoms with E-state index >= 15 is 0 Å². The highest BCUT2D eigenvalue weighted by Gasteiger charge is 2.15. The van der Waals surface area contributed by atoms with Gasteiger partial charge in [-0.05, 0) is 25.0 Å². The third kappa shape index (κ3) is 2.13.